The lowest BCUT2D eigenvalue weighted by molar-refractivity contribution is -0.143. The Hall–Kier alpha value is -3.13. The Balaban J connectivity index is 0.000000861. The minimum absolute atomic E-state index is 0.0257. The minimum atomic E-state index is -4.97. The van der Waals surface area contributed by atoms with Crippen molar-refractivity contribution >= 4 is 22.0 Å². The molecule has 0 fully saturated rings. The molecule has 0 bridgehead atoms. The molecule has 31 heavy (non-hydrogen) atoms. The van der Waals surface area contributed by atoms with Crippen LogP contribution < -0.4 is 11.5 Å². The zero-order valence-corrected chi connectivity index (χ0v) is 16.3. The maximum Gasteiger partial charge on any atom is 0.416 e. The van der Waals surface area contributed by atoms with E-state index >= 15 is 0 Å². The molecule has 0 heterocycles. The predicted molar refractivity (Wildman–Crippen MR) is 99.5 cm³/mol. The van der Waals surface area contributed by atoms with Gasteiger partial charge in [0.05, 0.1) is 17.4 Å². The molecule has 2 aromatic carbocycles. The molecule has 2 aromatic rings. The van der Waals surface area contributed by atoms with Gasteiger partial charge in [0.15, 0.2) is 5.96 Å². The van der Waals surface area contributed by atoms with Gasteiger partial charge in [-0.2, -0.15) is 39.8 Å². The highest BCUT2D eigenvalue weighted by Gasteiger charge is 2.37. The molecule has 0 unspecified atom stereocenters. The molecule has 0 saturated heterocycles. The summed E-state index contributed by atoms with van der Waals surface area (Å²) in [6.07, 6.45) is -9.23. The Morgan fingerprint density at radius 3 is 1.74 bits per heavy atom. The third-order valence-corrected chi connectivity index (χ3v) is 3.26. The Labute approximate surface area is 172 Å². The SMILES string of the molecule is CS(=O)(=O)O.NC(N)=NC(=O)c1cccc(-c2cc(C(F)(F)F)cc(C(F)(F)F)c2)c1. The van der Waals surface area contributed by atoms with Crippen LogP contribution in [0.15, 0.2) is 47.5 Å². The maximum absolute atomic E-state index is 12.9. The summed E-state index contributed by atoms with van der Waals surface area (Å²) in [5, 5.41) is 0. The number of benzene rings is 2. The van der Waals surface area contributed by atoms with Gasteiger partial charge >= 0.3 is 12.4 Å². The summed E-state index contributed by atoms with van der Waals surface area (Å²) in [6.45, 7) is 0. The number of guanidine groups is 1. The van der Waals surface area contributed by atoms with Crippen LogP contribution in [0.5, 0.6) is 0 Å². The predicted octanol–water partition coefficient (Wildman–Crippen LogP) is 3.31. The lowest BCUT2D eigenvalue weighted by Crippen LogP contribution is -2.24. The van der Waals surface area contributed by atoms with Crippen molar-refractivity contribution in [3.63, 3.8) is 0 Å². The number of halogens is 6. The van der Waals surface area contributed by atoms with Crippen LogP contribution in [-0.4, -0.2) is 31.1 Å². The molecule has 2 rings (SSSR count). The summed E-state index contributed by atoms with van der Waals surface area (Å²) in [5.41, 5.74) is 6.75. The van der Waals surface area contributed by atoms with Crippen LogP contribution in [0.1, 0.15) is 21.5 Å². The lowest BCUT2D eigenvalue weighted by Gasteiger charge is -2.14. The number of nitrogens with two attached hydrogens (primary N) is 2. The van der Waals surface area contributed by atoms with E-state index in [0.29, 0.717) is 18.4 Å². The molecule has 0 spiro atoms. The van der Waals surface area contributed by atoms with Crippen molar-refractivity contribution in [3.05, 3.63) is 59.2 Å². The number of nitrogens with zero attached hydrogens (tertiary/aromatic N) is 1. The van der Waals surface area contributed by atoms with Crippen molar-refractivity contribution in [2.45, 2.75) is 12.4 Å². The molecule has 1 amide bonds. The van der Waals surface area contributed by atoms with Gasteiger partial charge in [0, 0.05) is 5.56 Å². The Morgan fingerprint density at radius 2 is 1.35 bits per heavy atom. The molecular weight excluding hydrogens is 456 g/mol. The largest absolute Gasteiger partial charge is 0.416 e. The molecule has 0 aliphatic rings. The topological polar surface area (TPSA) is 136 Å². The first-order chi connectivity index (χ1) is 13.9. The number of amides is 1. The zero-order valence-electron chi connectivity index (χ0n) is 15.5. The fourth-order valence-electron chi connectivity index (χ4n) is 2.14. The molecule has 5 N–H and O–H groups in total. The van der Waals surface area contributed by atoms with E-state index in [9.17, 15) is 39.6 Å². The summed E-state index contributed by atoms with van der Waals surface area (Å²) in [7, 11) is -3.67. The van der Waals surface area contributed by atoms with E-state index in [1.165, 1.54) is 18.2 Å². The number of alkyl halides is 6. The van der Waals surface area contributed by atoms with Gasteiger partial charge in [-0.3, -0.25) is 9.35 Å². The van der Waals surface area contributed by atoms with Crippen LogP contribution in [0.25, 0.3) is 11.1 Å². The number of hydrogen-bond donors (Lipinski definition) is 3. The molecule has 0 aromatic heterocycles. The highest BCUT2D eigenvalue weighted by molar-refractivity contribution is 7.85. The van der Waals surface area contributed by atoms with E-state index in [-0.39, 0.29) is 22.8 Å². The van der Waals surface area contributed by atoms with Gasteiger partial charge < -0.3 is 11.5 Å². The standard InChI is InChI=1S/C16H11F6N3O.CH4O3S/c17-15(18,19)11-5-10(6-12(7-11)16(20,21)22)8-2-1-3-9(4-8)13(26)25-14(23)24;1-5(2,3)4/h1-7H,(H4,23,24,25,26);1H3,(H,2,3,4). The zero-order chi connectivity index (χ0) is 24.2. The van der Waals surface area contributed by atoms with E-state index < -0.39 is 45.5 Å². The van der Waals surface area contributed by atoms with Crippen molar-refractivity contribution < 1.29 is 44.1 Å². The van der Waals surface area contributed by atoms with Crippen molar-refractivity contribution in [3.8, 4) is 11.1 Å². The quantitative estimate of drug-likeness (QED) is 0.266. The lowest BCUT2D eigenvalue weighted by atomic mass is 9.97. The highest BCUT2D eigenvalue weighted by atomic mass is 32.2. The summed E-state index contributed by atoms with van der Waals surface area (Å²) in [6, 6.07) is 6.10. The first-order valence-electron chi connectivity index (χ1n) is 7.84. The smallest absolute Gasteiger partial charge is 0.370 e. The van der Waals surface area contributed by atoms with Crippen LogP contribution in [0.2, 0.25) is 0 Å². The monoisotopic (exact) mass is 471 g/mol. The average Bonchev–Trinajstić information content (AvgIpc) is 2.58. The fraction of sp³-hybridized carbons (Fsp3) is 0.176. The Kier molecular flexibility index (Phi) is 7.81. The van der Waals surface area contributed by atoms with Crippen LogP contribution in [0, 0.1) is 0 Å². The molecule has 0 aliphatic heterocycles. The summed E-state index contributed by atoms with van der Waals surface area (Å²) in [4.78, 5) is 15.1. The fourth-order valence-corrected chi connectivity index (χ4v) is 2.14. The van der Waals surface area contributed by atoms with Crippen LogP contribution >= 0.6 is 0 Å². The molecule has 0 atom stereocenters. The minimum Gasteiger partial charge on any atom is -0.370 e. The maximum atomic E-state index is 12.9. The van der Waals surface area contributed by atoms with Gasteiger partial charge in [-0.1, -0.05) is 12.1 Å². The van der Waals surface area contributed by atoms with Crippen molar-refractivity contribution in [1.82, 2.24) is 0 Å². The third-order valence-electron chi connectivity index (χ3n) is 3.26. The van der Waals surface area contributed by atoms with Crippen molar-refractivity contribution in [2.75, 3.05) is 6.26 Å². The first kappa shape index (κ1) is 25.9. The summed E-state index contributed by atoms with van der Waals surface area (Å²) >= 11 is 0. The van der Waals surface area contributed by atoms with Crippen molar-refractivity contribution in [1.29, 1.82) is 0 Å². The van der Waals surface area contributed by atoms with E-state index in [2.05, 4.69) is 4.99 Å². The Morgan fingerprint density at radius 1 is 0.903 bits per heavy atom. The number of hydrogen-bond acceptors (Lipinski definition) is 3. The van der Waals surface area contributed by atoms with Gasteiger partial charge in [-0.25, -0.2) is 0 Å². The van der Waals surface area contributed by atoms with Gasteiger partial charge in [-0.05, 0) is 41.5 Å². The summed E-state index contributed by atoms with van der Waals surface area (Å²) in [5.74, 6) is -1.41. The second-order valence-corrected chi connectivity index (χ2v) is 7.42. The van der Waals surface area contributed by atoms with Crippen LogP contribution in [-0.2, 0) is 22.5 Å². The van der Waals surface area contributed by atoms with Crippen molar-refractivity contribution in [2.24, 2.45) is 16.5 Å². The van der Waals surface area contributed by atoms with E-state index in [1.807, 2.05) is 0 Å². The number of rotatable bonds is 2. The van der Waals surface area contributed by atoms with E-state index in [0.717, 1.165) is 6.07 Å². The van der Waals surface area contributed by atoms with E-state index in [1.54, 1.807) is 0 Å². The molecular formula is C17H15F6N3O4S. The second kappa shape index (κ2) is 9.34. The third kappa shape index (κ3) is 9.04. The van der Waals surface area contributed by atoms with Crippen LogP contribution in [0.4, 0.5) is 26.3 Å². The number of carbonyl (C=O) groups is 1. The van der Waals surface area contributed by atoms with Crippen LogP contribution in [0.3, 0.4) is 0 Å². The van der Waals surface area contributed by atoms with Gasteiger partial charge in [0.25, 0.3) is 16.0 Å². The second-order valence-electron chi connectivity index (χ2n) is 5.95. The molecule has 0 aliphatic carbocycles. The number of aliphatic imine (C=N–C) groups is 1. The Bertz CT molecular complexity index is 1050. The summed E-state index contributed by atoms with van der Waals surface area (Å²) < 4.78 is 103. The van der Waals surface area contributed by atoms with Gasteiger partial charge in [0.1, 0.15) is 0 Å². The molecule has 14 heteroatoms. The van der Waals surface area contributed by atoms with E-state index in [4.69, 9.17) is 16.0 Å². The average molecular weight is 471 g/mol. The highest BCUT2D eigenvalue weighted by Crippen LogP contribution is 2.38. The molecule has 0 radical (unpaired) electrons. The van der Waals surface area contributed by atoms with Gasteiger partial charge in [-0.15, -0.1) is 0 Å². The van der Waals surface area contributed by atoms with Gasteiger partial charge in [0.2, 0.25) is 0 Å². The number of carbonyl (C=O) groups excluding carboxylic acids is 1. The molecule has 0 saturated carbocycles. The molecule has 7 nitrogen and oxygen atoms in total. The molecule has 170 valence electrons. The first-order valence-corrected chi connectivity index (χ1v) is 9.69. The normalized spacial score (nSPS) is 11.9.